The third-order valence-corrected chi connectivity index (χ3v) is 4.06. The number of nitrogens with zero attached hydrogens (tertiary/aromatic N) is 1. The van der Waals surface area contributed by atoms with Gasteiger partial charge >= 0.3 is 0 Å². The van der Waals surface area contributed by atoms with Crippen LogP contribution in [0.25, 0.3) is 0 Å². The number of aromatic nitrogens is 1. The number of hydrogen-bond acceptors (Lipinski definition) is 2. The summed E-state index contributed by atoms with van der Waals surface area (Å²) in [6.45, 7) is 2.08. The maximum absolute atomic E-state index is 5.58. The standard InChI is InChI=1S/C20H18N2S/c1-15-10-12-16(13-11-15)19(18-9-5-6-14-21-18)22-20(23)17-7-3-2-4-8-17/h2-14,19H,1H3,(H,22,23). The van der Waals surface area contributed by atoms with Gasteiger partial charge in [-0.15, -0.1) is 0 Å². The van der Waals surface area contributed by atoms with E-state index in [-0.39, 0.29) is 6.04 Å². The molecule has 0 radical (unpaired) electrons. The Balaban J connectivity index is 1.93. The number of nitrogens with one attached hydrogen (secondary N) is 1. The van der Waals surface area contributed by atoms with Crippen molar-refractivity contribution in [2.24, 2.45) is 0 Å². The third kappa shape index (κ3) is 3.82. The van der Waals surface area contributed by atoms with Crippen LogP contribution in [0.4, 0.5) is 0 Å². The van der Waals surface area contributed by atoms with Crippen molar-refractivity contribution in [3.63, 3.8) is 0 Å². The summed E-state index contributed by atoms with van der Waals surface area (Å²) in [6, 6.07) is 24.3. The van der Waals surface area contributed by atoms with Gasteiger partial charge in [0.1, 0.15) is 4.99 Å². The molecule has 1 N–H and O–H groups in total. The van der Waals surface area contributed by atoms with Crippen LogP contribution in [0.5, 0.6) is 0 Å². The van der Waals surface area contributed by atoms with E-state index in [9.17, 15) is 0 Å². The molecule has 0 bridgehead atoms. The van der Waals surface area contributed by atoms with Crippen LogP contribution in [0.3, 0.4) is 0 Å². The van der Waals surface area contributed by atoms with Gasteiger partial charge in [0, 0.05) is 11.8 Å². The van der Waals surface area contributed by atoms with Gasteiger partial charge in [0.2, 0.25) is 0 Å². The summed E-state index contributed by atoms with van der Waals surface area (Å²) in [5.74, 6) is 0. The molecule has 0 fully saturated rings. The van der Waals surface area contributed by atoms with E-state index in [0.29, 0.717) is 0 Å². The molecule has 3 rings (SSSR count). The van der Waals surface area contributed by atoms with Gasteiger partial charge in [0.25, 0.3) is 0 Å². The molecule has 0 aliphatic rings. The summed E-state index contributed by atoms with van der Waals surface area (Å²) in [7, 11) is 0. The van der Waals surface area contributed by atoms with E-state index >= 15 is 0 Å². The fourth-order valence-corrected chi connectivity index (χ4v) is 2.69. The van der Waals surface area contributed by atoms with Crippen molar-refractivity contribution in [2.75, 3.05) is 0 Å². The van der Waals surface area contributed by atoms with Crippen molar-refractivity contribution in [3.05, 3.63) is 101 Å². The minimum atomic E-state index is -0.0653. The normalized spacial score (nSPS) is 11.7. The van der Waals surface area contributed by atoms with Gasteiger partial charge in [0.15, 0.2) is 0 Å². The van der Waals surface area contributed by atoms with Crippen LogP contribution in [0, 0.1) is 6.92 Å². The van der Waals surface area contributed by atoms with Gasteiger partial charge in [-0.25, -0.2) is 0 Å². The highest BCUT2D eigenvalue weighted by molar-refractivity contribution is 7.80. The Bertz CT molecular complexity index is 768. The Morgan fingerprint density at radius 1 is 0.913 bits per heavy atom. The molecular formula is C20H18N2S. The molecular weight excluding hydrogens is 300 g/mol. The second-order valence-corrected chi connectivity index (χ2v) is 5.85. The highest BCUT2D eigenvalue weighted by Gasteiger charge is 2.16. The zero-order valence-electron chi connectivity index (χ0n) is 12.9. The number of benzene rings is 2. The highest BCUT2D eigenvalue weighted by Crippen LogP contribution is 2.21. The zero-order chi connectivity index (χ0) is 16.1. The van der Waals surface area contributed by atoms with E-state index in [2.05, 4.69) is 41.5 Å². The first-order valence-electron chi connectivity index (χ1n) is 7.57. The maximum Gasteiger partial charge on any atom is 0.107 e. The minimum absolute atomic E-state index is 0.0653. The van der Waals surface area contributed by atoms with Gasteiger partial charge in [-0.2, -0.15) is 0 Å². The van der Waals surface area contributed by atoms with Crippen LogP contribution in [0.2, 0.25) is 0 Å². The number of aryl methyl sites for hydroxylation is 1. The van der Waals surface area contributed by atoms with Gasteiger partial charge in [-0.1, -0.05) is 78.4 Å². The van der Waals surface area contributed by atoms with Gasteiger partial charge in [-0.3, -0.25) is 4.98 Å². The Labute approximate surface area is 142 Å². The van der Waals surface area contributed by atoms with E-state index < -0.39 is 0 Å². The van der Waals surface area contributed by atoms with Crippen LogP contribution >= 0.6 is 12.2 Å². The predicted octanol–water partition coefficient (Wildman–Crippen LogP) is 4.44. The molecule has 3 aromatic rings. The molecule has 0 saturated carbocycles. The Morgan fingerprint density at radius 3 is 2.26 bits per heavy atom. The largest absolute Gasteiger partial charge is 0.363 e. The maximum atomic E-state index is 5.58. The predicted molar refractivity (Wildman–Crippen MR) is 98.5 cm³/mol. The molecule has 0 spiro atoms. The second-order valence-electron chi connectivity index (χ2n) is 5.44. The first kappa shape index (κ1) is 15.4. The molecule has 1 atom stereocenters. The summed E-state index contributed by atoms with van der Waals surface area (Å²) in [5.41, 5.74) is 4.34. The first-order valence-corrected chi connectivity index (χ1v) is 7.98. The van der Waals surface area contributed by atoms with Crippen LogP contribution < -0.4 is 5.32 Å². The quantitative estimate of drug-likeness (QED) is 0.720. The van der Waals surface area contributed by atoms with Gasteiger partial charge in [-0.05, 0) is 24.6 Å². The summed E-state index contributed by atoms with van der Waals surface area (Å²) in [5, 5.41) is 3.45. The van der Waals surface area contributed by atoms with Crippen molar-refractivity contribution in [1.29, 1.82) is 0 Å². The van der Waals surface area contributed by atoms with Crippen molar-refractivity contribution in [2.45, 2.75) is 13.0 Å². The van der Waals surface area contributed by atoms with Crippen LogP contribution in [0.1, 0.15) is 28.4 Å². The fraction of sp³-hybridized carbons (Fsp3) is 0.100. The molecule has 2 aromatic carbocycles. The molecule has 23 heavy (non-hydrogen) atoms. The molecule has 0 amide bonds. The van der Waals surface area contributed by atoms with Crippen LogP contribution in [-0.4, -0.2) is 9.97 Å². The molecule has 0 saturated heterocycles. The number of rotatable bonds is 4. The topological polar surface area (TPSA) is 24.9 Å². The zero-order valence-corrected chi connectivity index (χ0v) is 13.8. The fourth-order valence-electron chi connectivity index (χ4n) is 2.44. The smallest absolute Gasteiger partial charge is 0.107 e. The lowest BCUT2D eigenvalue weighted by atomic mass is 10.0. The van der Waals surface area contributed by atoms with Crippen molar-refractivity contribution in [3.8, 4) is 0 Å². The third-order valence-electron chi connectivity index (χ3n) is 3.71. The van der Waals surface area contributed by atoms with E-state index in [0.717, 1.165) is 21.8 Å². The minimum Gasteiger partial charge on any atom is -0.363 e. The first-order chi connectivity index (χ1) is 11.2. The van der Waals surface area contributed by atoms with E-state index in [1.54, 1.807) is 0 Å². The molecule has 3 heteroatoms. The van der Waals surface area contributed by atoms with E-state index in [1.807, 2.05) is 54.7 Å². The highest BCUT2D eigenvalue weighted by atomic mass is 32.1. The second kappa shape index (κ2) is 7.16. The number of pyridine rings is 1. The molecule has 0 aliphatic carbocycles. The lowest BCUT2D eigenvalue weighted by Gasteiger charge is -2.21. The summed E-state index contributed by atoms with van der Waals surface area (Å²) in [6.07, 6.45) is 1.81. The van der Waals surface area contributed by atoms with Crippen molar-refractivity contribution < 1.29 is 0 Å². The van der Waals surface area contributed by atoms with Gasteiger partial charge < -0.3 is 5.32 Å². The van der Waals surface area contributed by atoms with Crippen LogP contribution in [-0.2, 0) is 0 Å². The number of thiocarbonyl (C=S) groups is 1. The molecule has 1 aromatic heterocycles. The Kier molecular flexibility index (Phi) is 4.79. The average molecular weight is 318 g/mol. The average Bonchev–Trinajstić information content (AvgIpc) is 2.62. The Morgan fingerprint density at radius 2 is 1.61 bits per heavy atom. The molecule has 2 nitrogen and oxygen atoms in total. The molecule has 1 heterocycles. The Hall–Kier alpha value is -2.52. The van der Waals surface area contributed by atoms with E-state index in [4.69, 9.17) is 12.2 Å². The van der Waals surface area contributed by atoms with Crippen molar-refractivity contribution >= 4 is 17.2 Å². The SMILES string of the molecule is Cc1ccc(C(NC(=S)c2ccccc2)c2ccccn2)cc1. The lowest BCUT2D eigenvalue weighted by Crippen LogP contribution is -2.29. The monoisotopic (exact) mass is 318 g/mol. The van der Waals surface area contributed by atoms with Crippen LogP contribution in [0.15, 0.2) is 79.0 Å². The van der Waals surface area contributed by atoms with Crippen molar-refractivity contribution in [1.82, 2.24) is 10.3 Å². The lowest BCUT2D eigenvalue weighted by molar-refractivity contribution is 0.741. The molecule has 114 valence electrons. The molecule has 0 aliphatic heterocycles. The summed E-state index contributed by atoms with van der Waals surface area (Å²) in [4.78, 5) is 5.23. The van der Waals surface area contributed by atoms with E-state index in [1.165, 1.54) is 5.56 Å². The van der Waals surface area contributed by atoms with Gasteiger partial charge in [0.05, 0.1) is 11.7 Å². The molecule has 1 unspecified atom stereocenters. The summed E-state index contributed by atoms with van der Waals surface area (Å²) < 4.78 is 0. The number of hydrogen-bond donors (Lipinski definition) is 1. The summed E-state index contributed by atoms with van der Waals surface area (Å²) >= 11 is 5.58.